The minimum atomic E-state index is 0.472. The van der Waals surface area contributed by atoms with E-state index in [-0.39, 0.29) is 0 Å². The van der Waals surface area contributed by atoms with Gasteiger partial charge in [0.1, 0.15) is 17.1 Å². The number of aryl methyl sites for hydroxylation is 1. The number of rotatable bonds is 6. The van der Waals surface area contributed by atoms with Gasteiger partial charge in [0.2, 0.25) is 0 Å². The molecular formula is C21H26N4O. The summed E-state index contributed by atoms with van der Waals surface area (Å²) in [5.74, 6) is 2.62. The van der Waals surface area contributed by atoms with Gasteiger partial charge in [0, 0.05) is 31.7 Å². The second kappa shape index (κ2) is 7.46. The van der Waals surface area contributed by atoms with Crippen molar-refractivity contribution in [3.8, 4) is 5.75 Å². The van der Waals surface area contributed by atoms with Gasteiger partial charge >= 0.3 is 0 Å². The van der Waals surface area contributed by atoms with Crippen LogP contribution in [0.5, 0.6) is 5.75 Å². The second-order valence-corrected chi connectivity index (χ2v) is 6.86. The molecule has 0 amide bonds. The van der Waals surface area contributed by atoms with Crippen LogP contribution in [0.1, 0.15) is 37.6 Å². The molecule has 1 fully saturated rings. The Morgan fingerprint density at radius 2 is 2.12 bits per heavy atom. The number of pyridine rings is 1. The van der Waals surface area contributed by atoms with E-state index in [9.17, 15) is 0 Å². The lowest BCUT2D eigenvalue weighted by Gasteiger charge is -2.17. The smallest absolute Gasteiger partial charge is 0.159 e. The molecule has 136 valence electrons. The first-order valence-electron chi connectivity index (χ1n) is 9.53. The highest BCUT2D eigenvalue weighted by atomic mass is 16.5. The highest BCUT2D eigenvalue weighted by Gasteiger charge is 2.28. The van der Waals surface area contributed by atoms with E-state index in [1.807, 2.05) is 25.3 Å². The molecule has 0 radical (unpaired) electrons. The lowest BCUT2D eigenvalue weighted by atomic mass is 10.1. The maximum atomic E-state index is 5.63. The van der Waals surface area contributed by atoms with Crippen molar-refractivity contribution in [1.82, 2.24) is 19.4 Å². The predicted octanol–water partition coefficient (Wildman–Crippen LogP) is 3.84. The molecule has 1 saturated heterocycles. The fraction of sp³-hybridized carbons (Fsp3) is 0.429. The molecule has 3 heterocycles. The van der Waals surface area contributed by atoms with Crippen LogP contribution in [0.15, 0.2) is 42.6 Å². The Labute approximate surface area is 154 Å². The topological polar surface area (TPSA) is 43.2 Å². The van der Waals surface area contributed by atoms with Crippen LogP contribution in [0.25, 0.3) is 11.2 Å². The van der Waals surface area contributed by atoms with Crippen LogP contribution in [0, 0.1) is 0 Å². The molecule has 0 spiro atoms. The molecule has 0 bridgehead atoms. The van der Waals surface area contributed by atoms with E-state index < -0.39 is 0 Å². The number of likely N-dealkylation sites (tertiary alicyclic amines) is 1. The van der Waals surface area contributed by atoms with Crippen molar-refractivity contribution in [1.29, 1.82) is 0 Å². The van der Waals surface area contributed by atoms with Gasteiger partial charge in [-0.3, -0.25) is 4.90 Å². The van der Waals surface area contributed by atoms with Crippen LogP contribution < -0.4 is 4.74 Å². The summed E-state index contributed by atoms with van der Waals surface area (Å²) in [6.45, 7) is 8.91. The molecule has 0 saturated carbocycles. The summed E-state index contributed by atoms with van der Waals surface area (Å²) in [6, 6.07) is 12.5. The van der Waals surface area contributed by atoms with Gasteiger partial charge in [-0.1, -0.05) is 12.1 Å². The molecule has 1 aliphatic rings. The summed E-state index contributed by atoms with van der Waals surface area (Å²) in [6.07, 6.45) is 3.00. The summed E-state index contributed by atoms with van der Waals surface area (Å²) in [7, 11) is 0. The first-order valence-corrected chi connectivity index (χ1v) is 9.53. The van der Waals surface area contributed by atoms with E-state index in [0.29, 0.717) is 12.5 Å². The summed E-state index contributed by atoms with van der Waals surface area (Å²) >= 11 is 0. The molecule has 1 aliphatic heterocycles. The Hall–Kier alpha value is -2.40. The molecule has 0 N–H and O–H groups in total. The SMILES string of the molecule is CCOc1cccc(CN2CC[C@H](c3nc4cccnc4n3CC)C2)c1. The minimum Gasteiger partial charge on any atom is -0.494 e. The zero-order valence-electron chi connectivity index (χ0n) is 15.6. The van der Waals surface area contributed by atoms with Crippen LogP contribution in [0.4, 0.5) is 0 Å². The van der Waals surface area contributed by atoms with Crippen LogP contribution in [0.2, 0.25) is 0 Å². The third-order valence-electron chi connectivity index (χ3n) is 5.10. The minimum absolute atomic E-state index is 0.472. The second-order valence-electron chi connectivity index (χ2n) is 6.86. The molecule has 3 aromatic rings. The van der Waals surface area contributed by atoms with Crippen LogP contribution in [-0.4, -0.2) is 39.1 Å². The normalized spacial score (nSPS) is 17.8. The number of fused-ring (bicyclic) bond motifs is 1. The lowest BCUT2D eigenvalue weighted by molar-refractivity contribution is 0.320. The van der Waals surface area contributed by atoms with Gasteiger partial charge in [-0.05, 0) is 56.6 Å². The van der Waals surface area contributed by atoms with Crippen molar-refractivity contribution < 1.29 is 4.74 Å². The van der Waals surface area contributed by atoms with E-state index in [1.54, 1.807) is 0 Å². The molecule has 0 unspecified atom stereocenters. The van der Waals surface area contributed by atoms with Gasteiger partial charge in [-0.15, -0.1) is 0 Å². The molecule has 2 aromatic heterocycles. The largest absolute Gasteiger partial charge is 0.494 e. The van der Waals surface area contributed by atoms with Crippen molar-refractivity contribution in [2.24, 2.45) is 0 Å². The van der Waals surface area contributed by atoms with Crippen LogP contribution in [0.3, 0.4) is 0 Å². The summed E-state index contributed by atoms with van der Waals surface area (Å²) in [5.41, 5.74) is 3.32. The Morgan fingerprint density at radius 3 is 2.96 bits per heavy atom. The first kappa shape index (κ1) is 17.0. The Bertz CT molecular complexity index is 889. The maximum absolute atomic E-state index is 5.63. The van der Waals surface area contributed by atoms with E-state index in [2.05, 4.69) is 45.6 Å². The molecule has 5 nitrogen and oxygen atoms in total. The highest BCUT2D eigenvalue weighted by molar-refractivity contribution is 5.71. The van der Waals surface area contributed by atoms with Crippen LogP contribution in [-0.2, 0) is 13.1 Å². The standard InChI is InChI=1S/C21H26N4O/c1-3-25-20(23-19-9-6-11-22-21(19)25)17-10-12-24(15-17)14-16-7-5-8-18(13-16)26-4-2/h5-9,11,13,17H,3-4,10,12,14-15H2,1-2H3/t17-/m0/s1. The Kier molecular flexibility index (Phi) is 4.89. The number of ether oxygens (including phenoxy) is 1. The third-order valence-corrected chi connectivity index (χ3v) is 5.10. The zero-order valence-corrected chi connectivity index (χ0v) is 15.6. The molecule has 26 heavy (non-hydrogen) atoms. The van der Waals surface area contributed by atoms with Crippen molar-refractivity contribution in [2.75, 3.05) is 19.7 Å². The summed E-state index contributed by atoms with van der Waals surface area (Å²) in [5, 5.41) is 0. The van der Waals surface area contributed by atoms with E-state index in [1.165, 1.54) is 11.4 Å². The number of aromatic nitrogens is 3. The average Bonchev–Trinajstić information content (AvgIpc) is 3.26. The van der Waals surface area contributed by atoms with Crippen molar-refractivity contribution in [2.45, 2.75) is 39.3 Å². The van der Waals surface area contributed by atoms with Gasteiger partial charge in [0.15, 0.2) is 5.65 Å². The lowest BCUT2D eigenvalue weighted by Crippen LogP contribution is -2.20. The molecule has 4 rings (SSSR count). The number of nitrogens with zero attached hydrogens (tertiary/aromatic N) is 4. The van der Waals surface area contributed by atoms with E-state index in [0.717, 1.165) is 49.5 Å². The van der Waals surface area contributed by atoms with Gasteiger partial charge in [-0.25, -0.2) is 9.97 Å². The molecule has 0 aliphatic carbocycles. The Morgan fingerprint density at radius 1 is 1.19 bits per heavy atom. The van der Waals surface area contributed by atoms with Crippen LogP contribution >= 0.6 is 0 Å². The fourth-order valence-electron chi connectivity index (χ4n) is 3.94. The van der Waals surface area contributed by atoms with Crippen molar-refractivity contribution >= 4 is 11.2 Å². The number of hydrogen-bond acceptors (Lipinski definition) is 4. The highest BCUT2D eigenvalue weighted by Crippen LogP contribution is 2.30. The van der Waals surface area contributed by atoms with Gasteiger partial charge in [0.25, 0.3) is 0 Å². The van der Waals surface area contributed by atoms with E-state index in [4.69, 9.17) is 9.72 Å². The zero-order chi connectivity index (χ0) is 17.9. The monoisotopic (exact) mass is 350 g/mol. The number of hydrogen-bond donors (Lipinski definition) is 0. The molecule has 1 atom stereocenters. The van der Waals surface area contributed by atoms with Gasteiger partial charge in [-0.2, -0.15) is 0 Å². The van der Waals surface area contributed by atoms with Crippen molar-refractivity contribution in [3.05, 3.63) is 54.0 Å². The summed E-state index contributed by atoms with van der Waals surface area (Å²) < 4.78 is 7.90. The van der Waals surface area contributed by atoms with Crippen molar-refractivity contribution in [3.63, 3.8) is 0 Å². The van der Waals surface area contributed by atoms with Gasteiger partial charge in [0.05, 0.1) is 6.61 Å². The number of benzene rings is 1. The van der Waals surface area contributed by atoms with E-state index >= 15 is 0 Å². The summed E-state index contributed by atoms with van der Waals surface area (Å²) in [4.78, 5) is 11.9. The maximum Gasteiger partial charge on any atom is 0.159 e. The average molecular weight is 350 g/mol. The number of imidazole rings is 1. The Balaban J connectivity index is 1.50. The quantitative estimate of drug-likeness (QED) is 0.677. The van der Waals surface area contributed by atoms with Gasteiger partial charge < -0.3 is 9.30 Å². The molecule has 1 aromatic carbocycles. The fourth-order valence-corrected chi connectivity index (χ4v) is 3.94. The molecular weight excluding hydrogens is 324 g/mol. The predicted molar refractivity (Wildman–Crippen MR) is 103 cm³/mol. The third kappa shape index (κ3) is 3.31. The molecule has 5 heteroatoms. The first-order chi connectivity index (χ1) is 12.8.